The Morgan fingerprint density at radius 1 is 0.913 bits per heavy atom. The zero-order valence-corrected chi connectivity index (χ0v) is 27.0. The Morgan fingerprint density at radius 2 is 1.59 bits per heavy atom. The van der Waals surface area contributed by atoms with Crippen molar-refractivity contribution in [2.24, 2.45) is 17.8 Å². The highest BCUT2D eigenvalue weighted by atomic mass is 35.5. The number of phenols is 1. The van der Waals surface area contributed by atoms with Gasteiger partial charge in [0.2, 0.25) is 11.8 Å². The topological polar surface area (TPSA) is 126 Å². The third-order valence-corrected chi connectivity index (χ3v) is 11.7. The van der Waals surface area contributed by atoms with Crippen LogP contribution in [0.2, 0.25) is 0 Å². The maximum absolute atomic E-state index is 14.3. The predicted molar refractivity (Wildman–Crippen MR) is 169 cm³/mol. The van der Waals surface area contributed by atoms with Gasteiger partial charge in [0.25, 0.3) is 11.8 Å². The summed E-state index contributed by atoms with van der Waals surface area (Å²) in [4.78, 5) is 56.1. The van der Waals surface area contributed by atoms with E-state index in [1.54, 1.807) is 18.2 Å². The number of nitrogens with zero attached hydrogens (tertiary/aromatic N) is 3. The number of hydrogen-bond acceptors (Lipinski definition) is 9. The highest BCUT2D eigenvalue weighted by Crippen LogP contribution is 2.67. The highest BCUT2D eigenvalue weighted by molar-refractivity contribution is 6.53. The van der Waals surface area contributed by atoms with E-state index in [0.29, 0.717) is 30.2 Å². The van der Waals surface area contributed by atoms with Crippen LogP contribution < -0.4 is 19.3 Å². The van der Waals surface area contributed by atoms with Crippen LogP contribution in [-0.2, 0) is 23.9 Å². The Morgan fingerprint density at radius 3 is 2.24 bits per heavy atom. The van der Waals surface area contributed by atoms with E-state index < -0.39 is 51.1 Å². The van der Waals surface area contributed by atoms with Gasteiger partial charge in [0.1, 0.15) is 17.2 Å². The molecule has 2 aliphatic carbocycles. The summed E-state index contributed by atoms with van der Waals surface area (Å²) < 4.78 is 16.4. The molecule has 6 unspecified atom stereocenters. The summed E-state index contributed by atoms with van der Waals surface area (Å²) in [6, 6.07) is 10.2. The Hall–Kier alpha value is -3.80. The lowest BCUT2D eigenvalue weighted by atomic mass is 9.56. The summed E-state index contributed by atoms with van der Waals surface area (Å²) in [7, 11) is 4.14. The number of likely N-dealkylation sites (tertiary alicyclic amines) is 1. The standard InChI is InChI=1S/C33H33Cl2N3O8/c1-36-30(42)32(34)16-22-20(27(33(32,35)31(36)43)26-23(39)14-19(44-2)15-24(26)45-3)8-9-21-25(22)29(41)38(28(21)40)18-6-4-17(5-7-18)37-10-12-46-13-11-37/h4-8,14-15,21-22,25,27,39H,9-13,16H2,1-3H3. The molecule has 1 saturated carbocycles. The first-order chi connectivity index (χ1) is 22.0. The molecule has 0 bridgehead atoms. The van der Waals surface area contributed by atoms with Crippen LogP contribution in [0.1, 0.15) is 24.3 Å². The highest BCUT2D eigenvalue weighted by Gasteiger charge is 2.76. The Labute approximate surface area is 275 Å². The van der Waals surface area contributed by atoms with E-state index in [1.165, 1.54) is 32.2 Å². The van der Waals surface area contributed by atoms with Crippen LogP contribution >= 0.6 is 23.2 Å². The summed E-state index contributed by atoms with van der Waals surface area (Å²) >= 11 is 14.5. The number of hydrogen-bond donors (Lipinski definition) is 1. The first-order valence-electron chi connectivity index (χ1n) is 15.1. The van der Waals surface area contributed by atoms with Crippen molar-refractivity contribution in [1.82, 2.24) is 4.90 Å². The number of phenolic OH excluding ortho intramolecular Hbond substituents is 1. The molecule has 0 radical (unpaired) electrons. The number of benzene rings is 2. The van der Waals surface area contributed by atoms with Crippen molar-refractivity contribution in [1.29, 1.82) is 0 Å². The van der Waals surface area contributed by atoms with Crippen LogP contribution in [0, 0.1) is 17.8 Å². The fraction of sp³-hybridized carbons (Fsp3) is 0.455. The van der Waals surface area contributed by atoms with Crippen LogP contribution in [0.15, 0.2) is 48.0 Å². The second-order valence-electron chi connectivity index (χ2n) is 12.4. The molecule has 0 spiro atoms. The third-order valence-electron chi connectivity index (χ3n) is 10.3. The van der Waals surface area contributed by atoms with E-state index in [1.807, 2.05) is 18.2 Å². The molecule has 1 N–H and O–H groups in total. The van der Waals surface area contributed by atoms with E-state index in [4.69, 9.17) is 37.4 Å². The molecule has 0 aromatic heterocycles. The molecule has 3 saturated heterocycles. The van der Waals surface area contributed by atoms with Gasteiger partial charge in [0.15, 0.2) is 9.75 Å². The van der Waals surface area contributed by atoms with Gasteiger partial charge in [-0.25, -0.2) is 0 Å². The Bertz CT molecular complexity index is 1690. The number of carbonyl (C=O) groups is 4. The molecule has 5 aliphatic rings. The Kier molecular flexibility index (Phi) is 7.30. The zero-order valence-electron chi connectivity index (χ0n) is 25.5. The lowest BCUT2D eigenvalue weighted by Crippen LogP contribution is -2.60. The van der Waals surface area contributed by atoms with Crippen LogP contribution in [0.25, 0.3) is 0 Å². The van der Waals surface area contributed by atoms with Gasteiger partial charge in [-0.2, -0.15) is 0 Å². The van der Waals surface area contributed by atoms with Gasteiger partial charge in [-0.15, -0.1) is 23.2 Å². The number of alkyl halides is 2. The second-order valence-corrected chi connectivity index (χ2v) is 13.6. The van der Waals surface area contributed by atoms with E-state index in [2.05, 4.69) is 4.90 Å². The minimum atomic E-state index is -2.06. The van der Waals surface area contributed by atoms with Gasteiger partial charge in [0.05, 0.1) is 45.0 Å². The van der Waals surface area contributed by atoms with E-state index in [9.17, 15) is 24.3 Å². The minimum absolute atomic E-state index is 0.140. The molecule has 11 nitrogen and oxygen atoms in total. The maximum atomic E-state index is 14.3. The van der Waals surface area contributed by atoms with Gasteiger partial charge in [-0.05, 0) is 43.0 Å². The monoisotopic (exact) mass is 669 g/mol. The van der Waals surface area contributed by atoms with Crippen LogP contribution in [0.3, 0.4) is 0 Å². The van der Waals surface area contributed by atoms with Crippen molar-refractivity contribution in [3.63, 3.8) is 0 Å². The average Bonchev–Trinajstić information content (AvgIpc) is 3.40. The number of anilines is 2. The number of carbonyl (C=O) groups excluding carboxylic acids is 4. The normalized spacial score (nSPS) is 32.3. The second kappa shape index (κ2) is 10.9. The lowest BCUT2D eigenvalue weighted by molar-refractivity contribution is -0.138. The minimum Gasteiger partial charge on any atom is -0.507 e. The van der Waals surface area contributed by atoms with Crippen LogP contribution in [0.5, 0.6) is 17.2 Å². The molecule has 7 rings (SSSR count). The molecular weight excluding hydrogens is 637 g/mol. The van der Waals surface area contributed by atoms with Gasteiger partial charge in [-0.1, -0.05) is 11.6 Å². The van der Waals surface area contributed by atoms with Crippen molar-refractivity contribution in [2.45, 2.75) is 28.5 Å². The largest absolute Gasteiger partial charge is 0.507 e. The number of fused-ring (bicyclic) bond motifs is 4. The number of aromatic hydroxyl groups is 1. The molecule has 3 aliphatic heterocycles. The molecule has 46 heavy (non-hydrogen) atoms. The maximum Gasteiger partial charge on any atom is 0.253 e. The number of allylic oxidation sites excluding steroid dienone is 2. The quantitative estimate of drug-likeness (QED) is 0.289. The molecule has 4 amide bonds. The summed E-state index contributed by atoms with van der Waals surface area (Å²) in [5.41, 5.74) is 2.10. The van der Waals surface area contributed by atoms with E-state index in [0.717, 1.165) is 23.7 Å². The first-order valence-corrected chi connectivity index (χ1v) is 15.9. The first kappa shape index (κ1) is 30.8. The number of morpholine rings is 1. The fourth-order valence-electron chi connectivity index (χ4n) is 8.11. The van der Waals surface area contributed by atoms with Crippen molar-refractivity contribution in [3.05, 3.63) is 53.6 Å². The molecule has 3 heterocycles. The summed E-state index contributed by atoms with van der Waals surface area (Å²) in [5, 5.41) is 11.4. The van der Waals surface area contributed by atoms with Crippen LogP contribution in [0.4, 0.5) is 11.4 Å². The predicted octanol–water partition coefficient (Wildman–Crippen LogP) is 3.44. The van der Waals surface area contributed by atoms with Gasteiger partial charge >= 0.3 is 0 Å². The van der Waals surface area contributed by atoms with Gasteiger partial charge < -0.3 is 24.2 Å². The molecule has 242 valence electrons. The van der Waals surface area contributed by atoms with Crippen molar-refractivity contribution in [3.8, 4) is 17.2 Å². The summed E-state index contributed by atoms with van der Waals surface area (Å²) in [6.45, 7) is 2.74. The van der Waals surface area contributed by atoms with Gasteiger partial charge in [-0.3, -0.25) is 29.0 Å². The number of rotatable bonds is 5. The molecular formula is C33H33Cl2N3O8. The number of methoxy groups -OCH3 is 2. The summed E-state index contributed by atoms with van der Waals surface area (Å²) in [5.74, 6) is -5.51. The summed E-state index contributed by atoms with van der Waals surface area (Å²) in [6.07, 6.45) is 1.85. The van der Waals surface area contributed by atoms with E-state index >= 15 is 0 Å². The van der Waals surface area contributed by atoms with Crippen molar-refractivity contribution < 1.29 is 38.5 Å². The number of halogens is 2. The number of imide groups is 2. The average molecular weight is 671 g/mol. The van der Waals surface area contributed by atoms with Crippen LogP contribution in [-0.4, -0.2) is 91.0 Å². The molecule has 4 fully saturated rings. The Balaban J connectivity index is 1.32. The smallest absolute Gasteiger partial charge is 0.253 e. The van der Waals surface area contributed by atoms with Crippen molar-refractivity contribution >= 4 is 58.2 Å². The molecule has 13 heteroatoms. The molecule has 2 aromatic rings. The molecule has 2 aromatic carbocycles. The zero-order chi connectivity index (χ0) is 32.7. The van der Waals surface area contributed by atoms with E-state index in [-0.39, 0.29) is 35.8 Å². The van der Waals surface area contributed by atoms with Gasteiger partial charge in [0, 0.05) is 49.4 Å². The molecule has 6 atom stereocenters. The fourth-order valence-corrected chi connectivity index (χ4v) is 9.12. The third kappa shape index (κ3) is 4.07. The van der Waals surface area contributed by atoms with Crippen molar-refractivity contribution in [2.75, 3.05) is 57.4 Å². The SMILES string of the molecule is COc1cc(O)c(C2C3=CCC4C(=O)N(c5ccc(N6CCOCC6)cc5)C(=O)C4C3CC3(Cl)C(=O)N(C)C(=O)C23Cl)c(OC)c1. The number of ether oxygens (including phenoxy) is 3. The number of amides is 4. The lowest BCUT2D eigenvalue weighted by Gasteiger charge is -2.51.